The van der Waals surface area contributed by atoms with Crippen LogP contribution < -0.4 is 0 Å². The molecule has 2 atom stereocenters. The predicted molar refractivity (Wildman–Crippen MR) is 79.0 cm³/mol. The predicted octanol–water partition coefficient (Wildman–Crippen LogP) is 1.71. The van der Waals surface area contributed by atoms with Crippen LogP contribution >= 0.6 is 0 Å². The number of rotatable bonds is 4. The molecule has 1 amide bonds. The third-order valence-corrected chi connectivity index (χ3v) is 3.95. The smallest absolute Gasteiger partial charge is 0.411 e. The standard InChI is InChI=1S/C16H21NO5/c1-3-21-14(19)16(2)13(18)9-10-17(16)15(20)22-11-12-7-5-4-6-8-12/h4-8,13,18H,3,9-11H2,1-2H3. The second-order valence-corrected chi connectivity index (χ2v) is 5.36. The summed E-state index contributed by atoms with van der Waals surface area (Å²) in [5.41, 5.74) is -0.544. The van der Waals surface area contributed by atoms with E-state index in [0.29, 0.717) is 6.42 Å². The quantitative estimate of drug-likeness (QED) is 0.857. The average molecular weight is 307 g/mol. The molecule has 0 spiro atoms. The molecule has 0 saturated carbocycles. The number of amides is 1. The maximum absolute atomic E-state index is 12.3. The van der Waals surface area contributed by atoms with Crippen LogP contribution in [0.1, 0.15) is 25.8 Å². The van der Waals surface area contributed by atoms with Gasteiger partial charge in [-0.25, -0.2) is 9.59 Å². The Morgan fingerprint density at radius 2 is 2.00 bits per heavy atom. The Balaban J connectivity index is 2.06. The number of likely N-dealkylation sites (tertiary alicyclic amines) is 1. The fraction of sp³-hybridized carbons (Fsp3) is 0.500. The van der Waals surface area contributed by atoms with E-state index in [9.17, 15) is 14.7 Å². The maximum Gasteiger partial charge on any atom is 0.411 e. The summed E-state index contributed by atoms with van der Waals surface area (Å²) in [6, 6.07) is 9.27. The molecule has 2 unspecified atom stereocenters. The van der Waals surface area contributed by atoms with Gasteiger partial charge in [0, 0.05) is 6.54 Å². The molecule has 0 bridgehead atoms. The minimum atomic E-state index is -1.40. The van der Waals surface area contributed by atoms with Crippen molar-refractivity contribution in [3.05, 3.63) is 35.9 Å². The van der Waals surface area contributed by atoms with E-state index in [4.69, 9.17) is 9.47 Å². The van der Waals surface area contributed by atoms with Gasteiger partial charge in [-0.15, -0.1) is 0 Å². The third-order valence-electron chi connectivity index (χ3n) is 3.95. The van der Waals surface area contributed by atoms with Crippen molar-refractivity contribution in [3.8, 4) is 0 Å². The van der Waals surface area contributed by atoms with Crippen molar-refractivity contribution in [2.45, 2.75) is 38.5 Å². The van der Waals surface area contributed by atoms with Gasteiger partial charge in [0.1, 0.15) is 6.61 Å². The van der Waals surface area contributed by atoms with E-state index >= 15 is 0 Å². The van der Waals surface area contributed by atoms with Crippen LogP contribution in [-0.2, 0) is 20.9 Å². The molecule has 1 aliphatic rings. The number of carbonyl (C=O) groups is 2. The second kappa shape index (κ2) is 6.79. The van der Waals surface area contributed by atoms with E-state index in [2.05, 4.69) is 0 Å². The van der Waals surface area contributed by atoms with Gasteiger partial charge in [-0.1, -0.05) is 30.3 Å². The minimum absolute atomic E-state index is 0.116. The van der Waals surface area contributed by atoms with Crippen molar-refractivity contribution < 1.29 is 24.2 Å². The van der Waals surface area contributed by atoms with Gasteiger partial charge in [0.15, 0.2) is 5.54 Å². The Morgan fingerprint density at radius 3 is 2.64 bits per heavy atom. The molecule has 1 saturated heterocycles. The number of benzene rings is 1. The lowest BCUT2D eigenvalue weighted by molar-refractivity contribution is -0.159. The van der Waals surface area contributed by atoms with E-state index in [-0.39, 0.29) is 19.8 Å². The zero-order valence-electron chi connectivity index (χ0n) is 12.8. The summed E-state index contributed by atoms with van der Waals surface area (Å²) in [6.07, 6.45) is -1.28. The lowest BCUT2D eigenvalue weighted by Crippen LogP contribution is -2.57. The maximum atomic E-state index is 12.3. The summed E-state index contributed by atoms with van der Waals surface area (Å²) in [7, 11) is 0. The summed E-state index contributed by atoms with van der Waals surface area (Å²) in [4.78, 5) is 25.7. The highest BCUT2D eigenvalue weighted by atomic mass is 16.6. The number of hydrogen-bond donors (Lipinski definition) is 1. The molecule has 2 rings (SSSR count). The monoisotopic (exact) mass is 307 g/mol. The van der Waals surface area contributed by atoms with Gasteiger partial charge in [-0.3, -0.25) is 4.90 Å². The van der Waals surface area contributed by atoms with E-state index in [1.54, 1.807) is 6.92 Å². The van der Waals surface area contributed by atoms with Crippen LogP contribution in [0.4, 0.5) is 4.79 Å². The molecule has 1 N–H and O–H groups in total. The Kier molecular flexibility index (Phi) is 5.03. The second-order valence-electron chi connectivity index (χ2n) is 5.36. The summed E-state index contributed by atoms with van der Waals surface area (Å²) >= 11 is 0. The fourth-order valence-electron chi connectivity index (χ4n) is 2.55. The zero-order valence-corrected chi connectivity index (χ0v) is 12.8. The van der Waals surface area contributed by atoms with Crippen LogP contribution in [0.3, 0.4) is 0 Å². The molecule has 1 fully saturated rings. The topological polar surface area (TPSA) is 76.1 Å². The van der Waals surface area contributed by atoms with Gasteiger partial charge in [0.05, 0.1) is 12.7 Å². The zero-order chi connectivity index (χ0) is 16.2. The van der Waals surface area contributed by atoms with E-state index in [1.807, 2.05) is 30.3 Å². The largest absolute Gasteiger partial charge is 0.464 e. The Hall–Kier alpha value is -2.08. The van der Waals surface area contributed by atoms with Gasteiger partial charge in [-0.05, 0) is 25.8 Å². The lowest BCUT2D eigenvalue weighted by atomic mass is 9.96. The van der Waals surface area contributed by atoms with Gasteiger partial charge < -0.3 is 14.6 Å². The molecule has 1 aromatic rings. The first-order chi connectivity index (χ1) is 10.5. The average Bonchev–Trinajstić information content (AvgIpc) is 2.83. The molecule has 0 radical (unpaired) electrons. The first-order valence-corrected chi connectivity index (χ1v) is 7.33. The molecule has 0 aromatic heterocycles. The van der Waals surface area contributed by atoms with Crippen molar-refractivity contribution in [1.29, 1.82) is 0 Å². The molecule has 6 nitrogen and oxygen atoms in total. The van der Waals surface area contributed by atoms with Crippen LogP contribution in [0.15, 0.2) is 30.3 Å². The molecule has 1 aliphatic heterocycles. The molecule has 1 aromatic carbocycles. The lowest BCUT2D eigenvalue weighted by Gasteiger charge is -2.33. The van der Waals surface area contributed by atoms with E-state index in [1.165, 1.54) is 11.8 Å². The summed E-state index contributed by atoms with van der Waals surface area (Å²) < 4.78 is 10.2. The van der Waals surface area contributed by atoms with Crippen molar-refractivity contribution in [1.82, 2.24) is 4.90 Å². The van der Waals surface area contributed by atoms with Crippen LogP contribution in [-0.4, -0.2) is 46.9 Å². The number of aliphatic hydroxyl groups is 1. The molecular formula is C16H21NO5. The highest BCUT2D eigenvalue weighted by Gasteiger charge is 2.54. The molecule has 22 heavy (non-hydrogen) atoms. The molecule has 120 valence electrons. The van der Waals surface area contributed by atoms with Gasteiger partial charge in [-0.2, -0.15) is 0 Å². The molecule has 1 heterocycles. The number of nitrogens with zero attached hydrogens (tertiary/aromatic N) is 1. The highest BCUT2D eigenvalue weighted by Crippen LogP contribution is 2.31. The van der Waals surface area contributed by atoms with Gasteiger partial charge in [0.25, 0.3) is 0 Å². The Morgan fingerprint density at radius 1 is 1.32 bits per heavy atom. The highest BCUT2D eigenvalue weighted by molar-refractivity contribution is 5.87. The van der Waals surface area contributed by atoms with Gasteiger partial charge in [0.2, 0.25) is 0 Å². The van der Waals surface area contributed by atoms with Crippen molar-refractivity contribution >= 4 is 12.1 Å². The first-order valence-electron chi connectivity index (χ1n) is 7.33. The third kappa shape index (κ3) is 3.06. The molecular weight excluding hydrogens is 286 g/mol. The van der Waals surface area contributed by atoms with Crippen LogP contribution in [0.25, 0.3) is 0 Å². The normalized spacial score (nSPS) is 24.1. The molecule has 6 heteroatoms. The molecule has 0 aliphatic carbocycles. The van der Waals surface area contributed by atoms with Crippen LogP contribution in [0, 0.1) is 0 Å². The Bertz CT molecular complexity index is 533. The van der Waals surface area contributed by atoms with E-state index < -0.39 is 23.7 Å². The van der Waals surface area contributed by atoms with Gasteiger partial charge >= 0.3 is 12.1 Å². The number of ether oxygens (including phenoxy) is 2. The minimum Gasteiger partial charge on any atom is -0.464 e. The summed E-state index contributed by atoms with van der Waals surface area (Å²) in [5, 5.41) is 10.1. The van der Waals surface area contributed by atoms with Crippen molar-refractivity contribution in [2.75, 3.05) is 13.2 Å². The van der Waals surface area contributed by atoms with Crippen LogP contribution in [0.5, 0.6) is 0 Å². The first kappa shape index (κ1) is 16.3. The number of aliphatic hydroxyl groups excluding tert-OH is 1. The van der Waals surface area contributed by atoms with Crippen molar-refractivity contribution in [2.24, 2.45) is 0 Å². The number of carbonyl (C=O) groups excluding carboxylic acids is 2. The summed E-state index contributed by atoms with van der Waals surface area (Å²) in [5.74, 6) is -0.614. The SMILES string of the molecule is CCOC(=O)C1(C)C(O)CCN1C(=O)OCc1ccccc1. The number of esters is 1. The van der Waals surface area contributed by atoms with E-state index in [0.717, 1.165) is 5.56 Å². The van der Waals surface area contributed by atoms with Crippen molar-refractivity contribution in [3.63, 3.8) is 0 Å². The number of hydrogen-bond acceptors (Lipinski definition) is 5. The fourth-order valence-corrected chi connectivity index (χ4v) is 2.55. The Labute approximate surface area is 129 Å². The summed E-state index contributed by atoms with van der Waals surface area (Å²) in [6.45, 7) is 3.75. The van der Waals surface area contributed by atoms with Crippen LogP contribution in [0.2, 0.25) is 0 Å².